The molecule has 3 heterocycles. The van der Waals surface area contributed by atoms with Crippen molar-refractivity contribution in [2.24, 2.45) is 14.1 Å². The summed E-state index contributed by atoms with van der Waals surface area (Å²) in [5.41, 5.74) is -0.316. The molecule has 3 aromatic carbocycles. The van der Waals surface area contributed by atoms with Gasteiger partial charge in [-0.3, -0.25) is 14.0 Å². The molecule has 1 amide bonds. The fourth-order valence-electron chi connectivity index (χ4n) is 6.10. The number of aromatic nitrogens is 6. The number of amides is 1. The number of hydrogen-bond acceptors (Lipinski definition) is 9. The van der Waals surface area contributed by atoms with Crippen LogP contribution in [0.4, 0.5) is 19.4 Å². The van der Waals surface area contributed by atoms with E-state index in [0.29, 0.717) is 17.4 Å². The second-order valence-electron chi connectivity index (χ2n) is 13.7. The molecule has 0 saturated heterocycles. The van der Waals surface area contributed by atoms with Crippen molar-refractivity contribution in [2.75, 3.05) is 17.7 Å². The van der Waals surface area contributed by atoms with Gasteiger partial charge in [0.1, 0.15) is 28.8 Å². The zero-order chi connectivity index (χ0) is 39.3. The van der Waals surface area contributed by atoms with Crippen LogP contribution in [0.25, 0.3) is 27.8 Å². The number of halogens is 3. The number of benzene rings is 3. The van der Waals surface area contributed by atoms with Crippen LogP contribution >= 0.6 is 11.6 Å². The van der Waals surface area contributed by atoms with Crippen LogP contribution in [-0.2, 0) is 41.8 Å². The Hall–Kier alpha value is -5.55. The van der Waals surface area contributed by atoms with Crippen LogP contribution in [-0.4, -0.2) is 62.4 Å². The molecule has 6 rings (SSSR count). The summed E-state index contributed by atoms with van der Waals surface area (Å²) in [6.07, 6.45) is 1.31. The van der Waals surface area contributed by atoms with Crippen LogP contribution in [0.15, 0.2) is 65.7 Å². The van der Waals surface area contributed by atoms with Crippen molar-refractivity contribution in [2.45, 2.75) is 45.4 Å². The Morgan fingerprint density at radius 2 is 1.70 bits per heavy atom. The number of fused-ring (bicyclic) bond motifs is 2. The Labute approximate surface area is 313 Å². The Balaban J connectivity index is 1.61. The molecule has 1 N–H and O–H groups in total. The zero-order valence-corrected chi connectivity index (χ0v) is 32.0. The third-order valence-corrected chi connectivity index (χ3v) is 9.80. The molecule has 1 atom stereocenters. The molecular formula is C36H37ClF2N8O6S. The number of alkyl carbamates (subject to hydrolysis) is 1. The second kappa shape index (κ2) is 14.4. The van der Waals surface area contributed by atoms with Gasteiger partial charge in [-0.25, -0.2) is 36.3 Å². The van der Waals surface area contributed by atoms with Gasteiger partial charge >= 0.3 is 6.09 Å². The molecule has 3 aromatic heterocycles. The molecule has 18 heteroatoms. The molecule has 6 aromatic rings. The molecule has 0 unspecified atom stereocenters. The third-order valence-electron chi connectivity index (χ3n) is 8.39. The molecule has 0 aliphatic heterocycles. The molecule has 0 aliphatic carbocycles. The van der Waals surface area contributed by atoms with Crippen LogP contribution in [0.3, 0.4) is 0 Å². The summed E-state index contributed by atoms with van der Waals surface area (Å²) in [6, 6.07) is 11.5. The first-order valence-electron chi connectivity index (χ1n) is 16.5. The Kier molecular flexibility index (Phi) is 10.2. The van der Waals surface area contributed by atoms with E-state index in [2.05, 4.69) is 15.4 Å². The van der Waals surface area contributed by atoms with Gasteiger partial charge in [0.2, 0.25) is 10.0 Å². The summed E-state index contributed by atoms with van der Waals surface area (Å²) in [6.45, 7) is 4.88. The van der Waals surface area contributed by atoms with E-state index >= 15 is 0 Å². The normalized spacial score (nSPS) is 12.6. The van der Waals surface area contributed by atoms with Gasteiger partial charge in [0, 0.05) is 26.6 Å². The topological polar surface area (TPSA) is 155 Å². The Morgan fingerprint density at radius 1 is 1.04 bits per heavy atom. The van der Waals surface area contributed by atoms with Crippen LogP contribution in [0, 0.1) is 11.6 Å². The highest BCUT2D eigenvalue weighted by molar-refractivity contribution is 7.92. The number of carbonyl (C=O) groups is 1. The predicted molar refractivity (Wildman–Crippen MR) is 200 cm³/mol. The Morgan fingerprint density at radius 3 is 2.31 bits per heavy atom. The number of sulfonamides is 1. The largest absolute Gasteiger partial charge is 0.497 e. The molecule has 54 heavy (non-hydrogen) atoms. The van der Waals surface area contributed by atoms with E-state index in [9.17, 15) is 26.8 Å². The molecule has 0 radical (unpaired) electrons. The van der Waals surface area contributed by atoms with Gasteiger partial charge in [-0.15, -0.1) is 0 Å². The van der Waals surface area contributed by atoms with Gasteiger partial charge in [-0.05, 0) is 68.3 Å². The summed E-state index contributed by atoms with van der Waals surface area (Å²) in [5.74, 6) is -1.18. The standard InChI is InChI=1S/C36H37ClF2N8O6S/c1-36(2,3)53-35(49)41-26(16-21-14-22(38)17-23(39)15-21)31-42-33-29(40-19-44(33)4)34(48)47(31)27-13-12-25(37)28-30(27)45(5)43-32(28)46(54(7,50)51)18-20-8-10-24(52-6)11-9-20/h8-15,17,19,26H,16,18H2,1-7H3,(H,41,49)/t26-/m0/s1. The number of aryl methyl sites for hydroxylation is 2. The molecule has 0 aliphatic rings. The maximum absolute atomic E-state index is 14.6. The monoisotopic (exact) mass is 782 g/mol. The van der Waals surface area contributed by atoms with Crippen molar-refractivity contribution in [3.05, 3.63) is 105 Å². The maximum Gasteiger partial charge on any atom is 0.408 e. The van der Waals surface area contributed by atoms with Gasteiger partial charge in [-0.2, -0.15) is 5.10 Å². The molecule has 0 bridgehead atoms. The smallest absolute Gasteiger partial charge is 0.408 e. The van der Waals surface area contributed by atoms with Gasteiger partial charge < -0.3 is 19.4 Å². The van der Waals surface area contributed by atoms with Crippen molar-refractivity contribution in [1.29, 1.82) is 0 Å². The average molecular weight is 783 g/mol. The van der Waals surface area contributed by atoms with Gasteiger partial charge in [-0.1, -0.05) is 23.7 Å². The minimum Gasteiger partial charge on any atom is -0.497 e. The van der Waals surface area contributed by atoms with Crippen molar-refractivity contribution in [1.82, 2.24) is 34.2 Å². The van der Waals surface area contributed by atoms with E-state index in [1.165, 1.54) is 39.4 Å². The van der Waals surface area contributed by atoms with E-state index in [1.54, 1.807) is 59.1 Å². The number of carbonyl (C=O) groups excluding carboxylic acids is 1. The number of nitrogens with one attached hydrogen (secondary N) is 1. The number of ether oxygens (including phenoxy) is 2. The van der Waals surface area contributed by atoms with Crippen LogP contribution in [0.1, 0.15) is 43.8 Å². The average Bonchev–Trinajstić information content (AvgIpc) is 3.62. The summed E-state index contributed by atoms with van der Waals surface area (Å²) >= 11 is 6.82. The summed E-state index contributed by atoms with van der Waals surface area (Å²) in [5, 5.41) is 7.66. The fourth-order valence-corrected chi connectivity index (χ4v) is 7.16. The SMILES string of the molecule is COc1ccc(CN(c2nn(C)c3c(-n4c([C@H](Cc5cc(F)cc(F)c5)NC(=O)OC(C)(C)C)nc5c(ncn5C)c4=O)ccc(Cl)c23)S(C)(=O)=O)cc1. The van der Waals surface area contributed by atoms with Crippen molar-refractivity contribution in [3.63, 3.8) is 0 Å². The van der Waals surface area contributed by atoms with Crippen LogP contribution < -0.4 is 19.9 Å². The van der Waals surface area contributed by atoms with Gasteiger partial charge in [0.15, 0.2) is 17.0 Å². The van der Waals surface area contributed by atoms with E-state index < -0.39 is 45.0 Å². The first-order chi connectivity index (χ1) is 25.3. The number of rotatable bonds is 10. The van der Waals surface area contributed by atoms with E-state index in [0.717, 1.165) is 22.7 Å². The lowest BCUT2D eigenvalue weighted by Gasteiger charge is -2.25. The lowest BCUT2D eigenvalue weighted by atomic mass is 10.0. The highest BCUT2D eigenvalue weighted by Gasteiger charge is 2.31. The predicted octanol–water partition coefficient (Wildman–Crippen LogP) is 5.72. The molecule has 14 nitrogen and oxygen atoms in total. The number of anilines is 1. The van der Waals surface area contributed by atoms with E-state index in [1.807, 2.05) is 0 Å². The number of nitrogens with zero attached hydrogens (tertiary/aromatic N) is 7. The van der Waals surface area contributed by atoms with Crippen molar-refractivity contribution < 1.29 is 31.5 Å². The highest BCUT2D eigenvalue weighted by Crippen LogP contribution is 2.38. The molecule has 0 saturated carbocycles. The van der Waals surface area contributed by atoms with E-state index in [4.69, 9.17) is 26.1 Å². The molecule has 0 spiro atoms. The first-order valence-corrected chi connectivity index (χ1v) is 18.7. The second-order valence-corrected chi connectivity index (χ2v) is 16.0. The van der Waals surface area contributed by atoms with Crippen LogP contribution in [0.5, 0.6) is 5.75 Å². The quantitative estimate of drug-likeness (QED) is 0.184. The van der Waals surface area contributed by atoms with Crippen LogP contribution in [0.2, 0.25) is 5.02 Å². The zero-order valence-electron chi connectivity index (χ0n) is 30.4. The van der Waals surface area contributed by atoms with E-state index in [-0.39, 0.29) is 62.9 Å². The molecule has 284 valence electrons. The minimum absolute atomic E-state index is 0.0159. The summed E-state index contributed by atoms with van der Waals surface area (Å²) in [7, 11) is 0.729. The first kappa shape index (κ1) is 38.2. The lowest BCUT2D eigenvalue weighted by Crippen LogP contribution is -2.39. The fraction of sp³-hybridized carbons (Fsp3) is 0.306. The molecular weight excluding hydrogens is 746 g/mol. The molecule has 0 fully saturated rings. The number of methoxy groups -OCH3 is 1. The lowest BCUT2D eigenvalue weighted by molar-refractivity contribution is 0.0500. The van der Waals surface area contributed by atoms with Crippen molar-refractivity contribution >= 4 is 55.6 Å². The summed E-state index contributed by atoms with van der Waals surface area (Å²) < 4.78 is 71.7. The maximum atomic E-state index is 14.6. The highest BCUT2D eigenvalue weighted by atomic mass is 35.5. The van der Waals surface area contributed by atoms with Gasteiger partial charge in [0.05, 0.1) is 53.9 Å². The summed E-state index contributed by atoms with van der Waals surface area (Å²) in [4.78, 5) is 37.0. The van der Waals surface area contributed by atoms with Crippen molar-refractivity contribution in [3.8, 4) is 11.4 Å². The number of imidazole rings is 1. The van der Waals surface area contributed by atoms with Gasteiger partial charge in [0.25, 0.3) is 5.56 Å². The Bertz CT molecular complexity index is 2560. The minimum atomic E-state index is -3.98. The number of hydrogen-bond donors (Lipinski definition) is 1. The third kappa shape index (κ3) is 7.72.